The van der Waals surface area contributed by atoms with Crippen LogP contribution in [-0.2, 0) is 4.74 Å². The van der Waals surface area contributed by atoms with Gasteiger partial charge in [-0.25, -0.2) is 9.59 Å². The van der Waals surface area contributed by atoms with E-state index in [2.05, 4.69) is 19.9 Å². The highest BCUT2D eigenvalue weighted by Crippen LogP contribution is 2.67. The molecule has 2 heterocycles. The summed E-state index contributed by atoms with van der Waals surface area (Å²) in [5.74, 6) is 2.39. The fourth-order valence-electron chi connectivity index (χ4n) is 8.90. The molecule has 3 saturated carbocycles. The predicted octanol–water partition coefficient (Wildman–Crippen LogP) is 5.22. The van der Waals surface area contributed by atoms with Crippen molar-refractivity contribution in [2.24, 2.45) is 34.3 Å². The highest BCUT2D eigenvalue weighted by molar-refractivity contribution is 5.68. The summed E-state index contributed by atoms with van der Waals surface area (Å²) < 4.78 is 11.2. The Morgan fingerprint density at radius 3 is 2.74 bits per heavy atom. The van der Waals surface area contributed by atoms with E-state index in [0.717, 1.165) is 44.2 Å². The van der Waals surface area contributed by atoms with Gasteiger partial charge in [0.15, 0.2) is 0 Å². The predicted molar refractivity (Wildman–Crippen MR) is 134 cm³/mol. The highest BCUT2D eigenvalue weighted by Gasteiger charge is 2.58. The van der Waals surface area contributed by atoms with E-state index in [1.165, 1.54) is 25.7 Å². The number of nitrogens with zero attached hydrogens (tertiary/aromatic N) is 1. The minimum Gasteiger partial charge on any atom is -0.446 e. The van der Waals surface area contributed by atoms with Gasteiger partial charge in [0.25, 0.3) is 0 Å². The molecule has 1 saturated heterocycles. The molecule has 8 atom stereocenters. The van der Waals surface area contributed by atoms with Crippen LogP contribution in [0.25, 0.3) is 0 Å². The molecule has 190 valence electrons. The monoisotopic (exact) mass is 480 g/mol. The Balaban J connectivity index is 1.15. The molecule has 1 aromatic heterocycles. The molecule has 1 aromatic rings. The van der Waals surface area contributed by atoms with Crippen molar-refractivity contribution < 1.29 is 13.9 Å². The van der Waals surface area contributed by atoms with Crippen molar-refractivity contribution >= 4 is 6.09 Å². The van der Waals surface area contributed by atoms with Gasteiger partial charge in [0, 0.05) is 25.2 Å². The first-order valence-electron chi connectivity index (χ1n) is 13.8. The topological polar surface area (TPSA) is 85.8 Å². The van der Waals surface area contributed by atoms with Gasteiger partial charge in [-0.05, 0) is 104 Å². The Morgan fingerprint density at radius 2 is 2.00 bits per heavy atom. The third kappa shape index (κ3) is 3.78. The van der Waals surface area contributed by atoms with E-state index < -0.39 is 0 Å². The van der Waals surface area contributed by atoms with Crippen LogP contribution in [0, 0.1) is 28.6 Å². The number of amides is 1. The fourth-order valence-corrected chi connectivity index (χ4v) is 8.90. The number of likely N-dealkylation sites (tertiary alicyclic amines) is 1. The van der Waals surface area contributed by atoms with Crippen molar-refractivity contribution in [2.45, 2.75) is 89.7 Å². The third-order valence-electron chi connectivity index (χ3n) is 10.9. The second-order valence-electron chi connectivity index (χ2n) is 12.6. The first-order valence-corrected chi connectivity index (χ1v) is 13.8. The zero-order chi connectivity index (χ0) is 24.4. The van der Waals surface area contributed by atoms with E-state index >= 15 is 0 Å². The standard InChI is InChI=1S/C29H40N2O4/c1-28-12-9-21(35-27(33)31-14-11-20(30)16-31)15-19(28)4-5-22-24-7-6-23(18-3-8-26(32)34-17-18)29(24,2)13-10-25(22)28/h3,7-8,17,19-23,25H,4-6,9-16,30H2,1-2H3/t19?,20-,21?,22?,23?,25?,28?,29?/m0/s1. The van der Waals surface area contributed by atoms with Gasteiger partial charge in [-0.15, -0.1) is 0 Å². The summed E-state index contributed by atoms with van der Waals surface area (Å²) >= 11 is 0. The fraction of sp³-hybridized carbons (Fsp3) is 0.724. The molecule has 35 heavy (non-hydrogen) atoms. The van der Waals surface area contributed by atoms with Crippen LogP contribution >= 0.6 is 0 Å². The number of nitrogens with two attached hydrogens (primary N) is 1. The van der Waals surface area contributed by atoms with Crippen LogP contribution in [0.5, 0.6) is 0 Å². The molecule has 6 nitrogen and oxygen atoms in total. The van der Waals surface area contributed by atoms with E-state index in [1.54, 1.807) is 22.8 Å². The number of carbonyl (C=O) groups excluding carboxylic acids is 1. The van der Waals surface area contributed by atoms with Crippen LogP contribution in [0.3, 0.4) is 0 Å². The number of carbonyl (C=O) groups is 1. The first kappa shape index (κ1) is 23.3. The van der Waals surface area contributed by atoms with E-state index in [1.807, 2.05) is 6.07 Å². The number of ether oxygens (including phenoxy) is 1. The van der Waals surface area contributed by atoms with Crippen LogP contribution < -0.4 is 11.4 Å². The molecule has 1 aliphatic heterocycles. The Kier molecular flexibility index (Phi) is 5.66. The lowest BCUT2D eigenvalue weighted by Crippen LogP contribution is -2.52. The van der Waals surface area contributed by atoms with Gasteiger partial charge in [-0.3, -0.25) is 0 Å². The Labute approximate surface area is 208 Å². The molecule has 0 radical (unpaired) electrons. The smallest absolute Gasteiger partial charge is 0.410 e. The summed E-state index contributed by atoms with van der Waals surface area (Å²) in [6, 6.07) is 3.63. The normalized spacial score (nSPS) is 42.6. The van der Waals surface area contributed by atoms with Crippen molar-refractivity contribution in [3.63, 3.8) is 0 Å². The number of allylic oxidation sites excluding steroid dienone is 2. The van der Waals surface area contributed by atoms with Crippen LogP contribution in [-0.4, -0.2) is 36.2 Å². The zero-order valence-electron chi connectivity index (χ0n) is 21.2. The molecule has 7 unspecified atom stereocenters. The second-order valence-corrected chi connectivity index (χ2v) is 12.6. The average molecular weight is 481 g/mol. The lowest BCUT2D eigenvalue weighted by molar-refractivity contribution is -0.0867. The molecule has 0 spiro atoms. The largest absolute Gasteiger partial charge is 0.446 e. The number of hydrogen-bond donors (Lipinski definition) is 1. The highest BCUT2D eigenvalue weighted by atomic mass is 16.6. The van der Waals surface area contributed by atoms with E-state index in [0.29, 0.717) is 35.6 Å². The van der Waals surface area contributed by atoms with Crippen molar-refractivity contribution in [2.75, 3.05) is 13.1 Å². The van der Waals surface area contributed by atoms with Crippen LogP contribution in [0.4, 0.5) is 4.79 Å². The maximum absolute atomic E-state index is 12.7. The van der Waals surface area contributed by atoms with Crippen LogP contribution in [0.1, 0.15) is 83.1 Å². The number of hydrogen-bond acceptors (Lipinski definition) is 5. The van der Waals surface area contributed by atoms with Gasteiger partial charge in [-0.2, -0.15) is 0 Å². The maximum atomic E-state index is 12.7. The number of rotatable bonds is 2. The van der Waals surface area contributed by atoms with E-state index in [9.17, 15) is 9.59 Å². The summed E-state index contributed by atoms with van der Waals surface area (Å²) in [5.41, 5.74) is 9.03. The molecular formula is C29H40N2O4. The summed E-state index contributed by atoms with van der Waals surface area (Å²) in [5, 5.41) is 0. The molecule has 0 bridgehead atoms. The molecule has 6 heteroatoms. The average Bonchev–Trinajstić information content (AvgIpc) is 3.43. The van der Waals surface area contributed by atoms with Crippen molar-refractivity contribution in [3.05, 3.63) is 46.0 Å². The van der Waals surface area contributed by atoms with E-state index in [-0.39, 0.29) is 29.3 Å². The van der Waals surface area contributed by atoms with Gasteiger partial charge in [-0.1, -0.05) is 25.5 Å². The molecular weight excluding hydrogens is 440 g/mol. The summed E-state index contributed by atoms with van der Waals surface area (Å²) in [6.07, 6.45) is 14.1. The van der Waals surface area contributed by atoms with Crippen molar-refractivity contribution in [1.82, 2.24) is 4.90 Å². The van der Waals surface area contributed by atoms with Crippen molar-refractivity contribution in [3.8, 4) is 0 Å². The van der Waals surface area contributed by atoms with Gasteiger partial charge in [0.1, 0.15) is 6.10 Å². The SMILES string of the molecule is CC12CCC3C(CCC4CC(OC(=O)N5CC[C@H](N)C5)CCC43C)C1=CCC2c1ccc(=O)oc1. The van der Waals surface area contributed by atoms with Gasteiger partial charge < -0.3 is 19.8 Å². The Hall–Kier alpha value is -2.08. The zero-order valence-corrected chi connectivity index (χ0v) is 21.2. The van der Waals surface area contributed by atoms with Gasteiger partial charge in [0.05, 0.1) is 6.26 Å². The quantitative estimate of drug-likeness (QED) is 0.586. The minimum absolute atomic E-state index is 0.0469. The summed E-state index contributed by atoms with van der Waals surface area (Å²) in [4.78, 5) is 26.0. The van der Waals surface area contributed by atoms with Crippen LogP contribution in [0.15, 0.2) is 39.3 Å². The Morgan fingerprint density at radius 1 is 1.14 bits per heavy atom. The molecule has 4 fully saturated rings. The van der Waals surface area contributed by atoms with E-state index in [4.69, 9.17) is 14.9 Å². The summed E-state index contributed by atoms with van der Waals surface area (Å²) in [6.45, 7) is 6.34. The van der Waals surface area contributed by atoms with Crippen molar-refractivity contribution in [1.29, 1.82) is 0 Å². The third-order valence-corrected chi connectivity index (χ3v) is 10.9. The first-order chi connectivity index (χ1) is 16.8. The molecule has 1 amide bonds. The molecule has 6 rings (SSSR count). The maximum Gasteiger partial charge on any atom is 0.410 e. The molecule has 5 aliphatic rings. The number of fused-ring (bicyclic) bond motifs is 5. The molecule has 0 aromatic carbocycles. The summed E-state index contributed by atoms with van der Waals surface area (Å²) in [7, 11) is 0. The lowest BCUT2D eigenvalue weighted by atomic mass is 9.46. The van der Waals surface area contributed by atoms with Gasteiger partial charge >= 0.3 is 11.7 Å². The minimum atomic E-state index is -0.273. The molecule has 2 N–H and O–H groups in total. The lowest BCUT2D eigenvalue weighted by Gasteiger charge is -2.59. The second kappa shape index (κ2) is 8.50. The molecule has 4 aliphatic carbocycles. The Bertz CT molecular complexity index is 1060. The van der Waals surface area contributed by atoms with Gasteiger partial charge in [0.2, 0.25) is 0 Å². The van der Waals surface area contributed by atoms with Crippen LogP contribution in [0.2, 0.25) is 0 Å².